The van der Waals surface area contributed by atoms with Crippen LogP contribution in [-0.2, 0) is 6.42 Å². The van der Waals surface area contributed by atoms with Crippen LogP contribution in [0.25, 0.3) is 0 Å². The van der Waals surface area contributed by atoms with Crippen molar-refractivity contribution in [3.63, 3.8) is 0 Å². The maximum absolute atomic E-state index is 12.4. The number of benzene rings is 2. The lowest BCUT2D eigenvalue weighted by Gasteiger charge is -2.24. The number of Topliss-reactive ketones (excluding diaryl/α,β-unsaturated/α-hetero) is 1. The van der Waals surface area contributed by atoms with Crippen LogP contribution in [0.5, 0.6) is 5.75 Å². The Morgan fingerprint density at radius 1 is 1.10 bits per heavy atom. The topological polar surface area (TPSA) is 37.3 Å². The van der Waals surface area contributed by atoms with Crippen molar-refractivity contribution in [2.75, 3.05) is 0 Å². The molecule has 2 nitrogen and oxygen atoms in total. The molecule has 0 amide bonds. The summed E-state index contributed by atoms with van der Waals surface area (Å²) in [5, 5.41) is 9.28. The van der Waals surface area contributed by atoms with E-state index in [2.05, 4.69) is 24.3 Å². The third-order valence-corrected chi connectivity index (χ3v) is 4.11. The van der Waals surface area contributed by atoms with Crippen LogP contribution in [0.4, 0.5) is 0 Å². The molecule has 0 spiro atoms. The van der Waals surface area contributed by atoms with Crippen LogP contribution in [-0.4, -0.2) is 10.9 Å². The van der Waals surface area contributed by atoms with E-state index in [9.17, 15) is 9.90 Å². The van der Waals surface area contributed by atoms with Gasteiger partial charge in [0.05, 0.1) is 0 Å². The second kappa shape index (κ2) is 5.49. The zero-order valence-corrected chi connectivity index (χ0v) is 11.4. The van der Waals surface area contributed by atoms with Crippen LogP contribution in [0.2, 0.25) is 0 Å². The lowest BCUT2D eigenvalue weighted by atomic mass is 9.79. The van der Waals surface area contributed by atoms with Gasteiger partial charge in [-0.05, 0) is 60.6 Å². The molecule has 0 radical (unpaired) electrons. The standard InChI is InChI=1S/C18H18O2/c19-16-10-8-14(9-11-16)18(20)12-15-6-3-5-13-4-1-2-7-17(13)15/h1-2,4,7-11,15,19H,3,5-6,12H2/t15-/m1/s1. The second-order valence-electron chi connectivity index (χ2n) is 5.46. The van der Waals surface area contributed by atoms with Crippen molar-refractivity contribution < 1.29 is 9.90 Å². The molecule has 0 unspecified atom stereocenters. The van der Waals surface area contributed by atoms with E-state index in [1.165, 1.54) is 11.1 Å². The fraction of sp³-hybridized carbons (Fsp3) is 0.278. The van der Waals surface area contributed by atoms with E-state index in [0.29, 0.717) is 17.9 Å². The van der Waals surface area contributed by atoms with Crippen molar-refractivity contribution in [2.45, 2.75) is 31.6 Å². The van der Waals surface area contributed by atoms with E-state index in [1.54, 1.807) is 24.3 Å². The molecule has 1 N–H and O–H groups in total. The third-order valence-electron chi connectivity index (χ3n) is 4.11. The quantitative estimate of drug-likeness (QED) is 0.850. The minimum absolute atomic E-state index is 0.159. The summed E-state index contributed by atoms with van der Waals surface area (Å²) in [4.78, 5) is 12.4. The average molecular weight is 266 g/mol. The molecule has 0 saturated carbocycles. The maximum Gasteiger partial charge on any atom is 0.163 e. The van der Waals surface area contributed by atoms with Crippen molar-refractivity contribution in [2.24, 2.45) is 0 Å². The molecule has 0 aliphatic heterocycles. The number of ketones is 1. The molecule has 1 atom stereocenters. The van der Waals surface area contributed by atoms with Gasteiger partial charge in [-0.25, -0.2) is 0 Å². The monoisotopic (exact) mass is 266 g/mol. The van der Waals surface area contributed by atoms with Crippen LogP contribution in [0.3, 0.4) is 0 Å². The zero-order valence-electron chi connectivity index (χ0n) is 11.4. The highest BCUT2D eigenvalue weighted by Crippen LogP contribution is 2.34. The average Bonchev–Trinajstić information content (AvgIpc) is 2.48. The summed E-state index contributed by atoms with van der Waals surface area (Å²) in [5.74, 6) is 0.692. The van der Waals surface area contributed by atoms with Crippen LogP contribution in [0.1, 0.15) is 46.7 Å². The van der Waals surface area contributed by atoms with Gasteiger partial charge < -0.3 is 5.11 Å². The lowest BCUT2D eigenvalue weighted by Crippen LogP contribution is -2.13. The first kappa shape index (κ1) is 12.9. The molecule has 0 heterocycles. The van der Waals surface area contributed by atoms with E-state index in [1.807, 2.05) is 0 Å². The number of rotatable bonds is 3. The van der Waals surface area contributed by atoms with Gasteiger partial charge in [0.25, 0.3) is 0 Å². The summed E-state index contributed by atoms with van der Waals surface area (Å²) in [5.41, 5.74) is 3.42. The van der Waals surface area contributed by atoms with Gasteiger partial charge >= 0.3 is 0 Å². The molecule has 0 saturated heterocycles. The Morgan fingerprint density at radius 3 is 2.65 bits per heavy atom. The molecule has 1 aliphatic rings. The smallest absolute Gasteiger partial charge is 0.163 e. The molecule has 1 aliphatic carbocycles. The van der Waals surface area contributed by atoms with Crippen LogP contribution < -0.4 is 0 Å². The summed E-state index contributed by atoms with van der Waals surface area (Å²) >= 11 is 0. The van der Waals surface area contributed by atoms with Gasteiger partial charge in [-0.15, -0.1) is 0 Å². The zero-order chi connectivity index (χ0) is 13.9. The second-order valence-corrected chi connectivity index (χ2v) is 5.46. The van der Waals surface area contributed by atoms with Crippen molar-refractivity contribution >= 4 is 5.78 Å². The van der Waals surface area contributed by atoms with Gasteiger partial charge in [0.2, 0.25) is 0 Å². The highest BCUT2D eigenvalue weighted by molar-refractivity contribution is 5.96. The van der Waals surface area contributed by atoms with Crippen molar-refractivity contribution in [3.8, 4) is 5.75 Å². The molecule has 3 rings (SSSR count). The van der Waals surface area contributed by atoms with E-state index < -0.39 is 0 Å². The first-order chi connectivity index (χ1) is 9.74. The number of fused-ring (bicyclic) bond motifs is 1. The van der Waals surface area contributed by atoms with Crippen molar-refractivity contribution in [3.05, 3.63) is 65.2 Å². The Balaban J connectivity index is 1.79. The minimum atomic E-state index is 0.159. The molecule has 0 aromatic heterocycles. The normalized spacial score (nSPS) is 17.5. The summed E-state index contributed by atoms with van der Waals surface area (Å²) in [6.07, 6.45) is 3.92. The highest BCUT2D eigenvalue weighted by atomic mass is 16.3. The number of carbonyl (C=O) groups is 1. The summed E-state index contributed by atoms with van der Waals surface area (Å²) < 4.78 is 0. The summed E-state index contributed by atoms with van der Waals surface area (Å²) in [7, 11) is 0. The van der Waals surface area contributed by atoms with Gasteiger partial charge in [-0.1, -0.05) is 24.3 Å². The maximum atomic E-state index is 12.4. The first-order valence-corrected chi connectivity index (χ1v) is 7.14. The predicted octanol–water partition coefficient (Wildman–Crippen LogP) is 4.09. The van der Waals surface area contributed by atoms with Gasteiger partial charge in [-0.2, -0.15) is 0 Å². The van der Waals surface area contributed by atoms with E-state index in [0.717, 1.165) is 19.3 Å². The Hall–Kier alpha value is -2.09. The van der Waals surface area contributed by atoms with Gasteiger partial charge in [0.15, 0.2) is 5.78 Å². The van der Waals surface area contributed by atoms with Crippen LogP contribution in [0, 0.1) is 0 Å². The number of phenolic OH excluding ortho intramolecular Hbond substituents is 1. The Morgan fingerprint density at radius 2 is 1.85 bits per heavy atom. The fourth-order valence-corrected chi connectivity index (χ4v) is 3.06. The number of carbonyl (C=O) groups excluding carboxylic acids is 1. The van der Waals surface area contributed by atoms with Gasteiger partial charge in [0.1, 0.15) is 5.75 Å². The third kappa shape index (κ3) is 2.60. The molecule has 20 heavy (non-hydrogen) atoms. The van der Waals surface area contributed by atoms with E-state index in [4.69, 9.17) is 0 Å². The molecule has 102 valence electrons. The molecule has 2 aromatic carbocycles. The number of aromatic hydroxyl groups is 1. The highest BCUT2D eigenvalue weighted by Gasteiger charge is 2.22. The van der Waals surface area contributed by atoms with Gasteiger partial charge in [-0.3, -0.25) is 4.79 Å². The Labute approximate surface area is 119 Å². The van der Waals surface area contributed by atoms with Crippen molar-refractivity contribution in [1.82, 2.24) is 0 Å². The summed E-state index contributed by atoms with van der Waals surface area (Å²) in [6, 6.07) is 15.0. The number of phenols is 1. The van der Waals surface area contributed by atoms with E-state index in [-0.39, 0.29) is 11.5 Å². The molecular weight excluding hydrogens is 248 g/mol. The SMILES string of the molecule is O=C(C[C@H]1CCCc2ccccc21)c1ccc(O)cc1. The lowest BCUT2D eigenvalue weighted by molar-refractivity contribution is 0.0971. The largest absolute Gasteiger partial charge is 0.508 e. The molecule has 0 bridgehead atoms. The molecule has 0 fully saturated rings. The van der Waals surface area contributed by atoms with Crippen LogP contribution >= 0.6 is 0 Å². The first-order valence-electron chi connectivity index (χ1n) is 7.14. The molecule has 2 aromatic rings. The number of hydrogen-bond acceptors (Lipinski definition) is 2. The van der Waals surface area contributed by atoms with Gasteiger partial charge in [0, 0.05) is 12.0 Å². The number of aryl methyl sites for hydroxylation is 1. The molecular formula is C18H18O2. The fourth-order valence-electron chi connectivity index (χ4n) is 3.06. The minimum Gasteiger partial charge on any atom is -0.508 e. The number of hydrogen-bond donors (Lipinski definition) is 1. The molecule has 2 heteroatoms. The Bertz CT molecular complexity index is 614. The predicted molar refractivity (Wildman–Crippen MR) is 79.2 cm³/mol. The van der Waals surface area contributed by atoms with Crippen LogP contribution in [0.15, 0.2) is 48.5 Å². The Kier molecular flexibility index (Phi) is 3.55. The summed E-state index contributed by atoms with van der Waals surface area (Å²) in [6.45, 7) is 0. The van der Waals surface area contributed by atoms with Crippen molar-refractivity contribution in [1.29, 1.82) is 0 Å². The van der Waals surface area contributed by atoms with E-state index >= 15 is 0 Å².